The van der Waals surface area contributed by atoms with Crippen LogP contribution in [0, 0.1) is 0 Å². The summed E-state index contributed by atoms with van der Waals surface area (Å²) in [5.74, 6) is -0.0739. The molecule has 0 N–H and O–H groups in total. The molecule has 0 saturated heterocycles. The number of aryl methyl sites for hydroxylation is 1. The number of hydrogen-bond acceptors (Lipinski definition) is 1. The molecule has 0 spiro atoms. The Morgan fingerprint density at radius 3 is 2.22 bits per heavy atom. The molecule has 4 heteroatoms. The van der Waals surface area contributed by atoms with Crippen LogP contribution < -0.4 is 0 Å². The van der Waals surface area contributed by atoms with Gasteiger partial charge in [0.1, 0.15) is 5.78 Å². The fourth-order valence-corrected chi connectivity index (χ4v) is 1.75. The molecule has 1 aromatic carbocycles. The highest BCUT2D eigenvalue weighted by Gasteiger charge is 2.26. The minimum absolute atomic E-state index is 0.0360. The van der Waals surface area contributed by atoms with E-state index in [-0.39, 0.29) is 18.6 Å². The number of benzene rings is 1. The van der Waals surface area contributed by atoms with Gasteiger partial charge in [-0.05, 0) is 24.8 Å². The molecular weight excluding hydrogens is 241 g/mol. The lowest BCUT2D eigenvalue weighted by Gasteiger charge is -2.05. The number of rotatable bonds is 7. The van der Waals surface area contributed by atoms with E-state index in [1.165, 1.54) is 0 Å². The minimum Gasteiger partial charge on any atom is -0.300 e. The smallest absolute Gasteiger partial charge is 0.300 e. The van der Waals surface area contributed by atoms with Gasteiger partial charge >= 0.3 is 6.18 Å². The van der Waals surface area contributed by atoms with E-state index in [2.05, 4.69) is 0 Å². The monoisotopic (exact) mass is 258 g/mol. The number of Topliss-reactive ketones (excluding diaryl/α,β-unsaturated/α-hetero) is 1. The van der Waals surface area contributed by atoms with Gasteiger partial charge in [0.15, 0.2) is 0 Å². The van der Waals surface area contributed by atoms with Gasteiger partial charge in [0.25, 0.3) is 0 Å². The number of ketones is 1. The van der Waals surface area contributed by atoms with Gasteiger partial charge in [-0.15, -0.1) is 0 Å². The summed E-state index contributed by atoms with van der Waals surface area (Å²) in [5.41, 5.74) is 1.15. The number of carbonyl (C=O) groups is 1. The SMILES string of the molecule is O=C(CCCc1ccccc1)CCCC(F)(F)F. The predicted octanol–water partition coefficient (Wildman–Crippen LogP) is 4.31. The Labute approximate surface area is 105 Å². The molecule has 0 aliphatic rings. The number of hydrogen-bond donors (Lipinski definition) is 0. The summed E-state index contributed by atoms with van der Waals surface area (Å²) >= 11 is 0. The molecule has 0 saturated carbocycles. The van der Waals surface area contributed by atoms with Gasteiger partial charge in [0.2, 0.25) is 0 Å². The molecule has 0 radical (unpaired) electrons. The predicted molar refractivity (Wildman–Crippen MR) is 64.3 cm³/mol. The number of alkyl halides is 3. The van der Waals surface area contributed by atoms with E-state index in [4.69, 9.17) is 0 Å². The molecule has 0 aromatic heterocycles. The van der Waals surface area contributed by atoms with Crippen molar-refractivity contribution in [3.63, 3.8) is 0 Å². The maximum Gasteiger partial charge on any atom is 0.389 e. The molecule has 1 aromatic rings. The van der Waals surface area contributed by atoms with Crippen LogP contribution in [0.3, 0.4) is 0 Å². The first-order valence-electron chi connectivity index (χ1n) is 6.10. The summed E-state index contributed by atoms with van der Waals surface area (Å²) in [6.07, 6.45) is -3.20. The average Bonchev–Trinajstić information content (AvgIpc) is 2.28. The second kappa shape index (κ2) is 7.19. The van der Waals surface area contributed by atoms with Crippen LogP contribution >= 0.6 is 0 Å². The molecule has 0 heterocycles. The molecule has 0 fully saturated rings. The van der Waals surface area contributed by atoms with Gasteiger partial charge in [-0.2, -0.15) is 13.2 Å². The first-order valence-corrected chi connectivity index (χ1v) is 6.10. The summed E-state index contributed by atoms with van der Waals surface area (Å²) in [7, 11) is 0. The minimum atomic E-state index is -4.15. The zero-order valence-electron chi connectivity index (χ0n) is 10.2. The molecule has 1 nitrogen and oxygen atoms in total. The fraction of sp³-hybridized carbons (Fsp3) is 0.500. The highest BCUT2D eigenvalue weighted by Crippen LogP contribution is 2.22. The molecule has 0 aliphatic carbocycles. The molecule has 18 heavy (non-hydrogen) atoms. The second-order valence-corrected chi connectivity index (χ2v) is 4.35. The first-order chi connectivity index (χ1) is 8.47. The Morgan fingerprint density at radius 1 is 1.00 bits per heavy atom. The molecule has 0 bridgehead atoms. The van der Waals surface area contributed by atoms with Crippen LogP contribution in [0.25, 0.3) is 0 Å². The van der Waals surface area contributed by atoms with Crippen molar-refractivity contribution in [3.8, 4) is 0 Å². The molecular formula is C14H17F3O. The van der Waals surface area contributed by atoms with Crippen molar-refractivity contribution in [2.75, 3.05) is 0 Å². The van der Waals surface area contributed by atoms with E-state index in [1.807, 2.05) is 30.3 Å². The lowest BCUT2D eigenvalue weighted by atomic mass is 10.0. The van der Waals surface area contributed by atoms with Crippen molar-refractivity contribution in [1.29, 1.82) is 0 Å². The highest BCUT2D eigenvalue weighted by molar-refractivity contribution is 5.78. The Kier molecular flexibility index (Phi) is 5.89. The summed E-state index contributed by atoms with van der Waals surface area (Å²) in [6.45, 7) is 0. The van der Waals surface area contributed by atoms with Crippen molar-refractivity contribution in [3.05, 3.63) is 35.9 Å². The van der Waals surface area contributed by atoms with Crippen LogP contribution in [-0.4, -0.2) is 12.0 Å². The quantitative estimate of drug-likeness (QED) is 0.712. The summed E-state index contributed by atoms with van der Waals surface area (Å²) in [6, 6.07) is 9.75. The van der Waals surface area contributed by atoms with Crippen molar-refractivity contribution in [1.82, 2.24) is 0 Å². The van der Waals surface area contributed by atoms with E-state index in [1.54, 1.807) is 0 Å². The maximum atomic E-state index is 11.9. The Hall–Kier alpha value is -1.32. The molecule has 100 valence electrons. The van der Waals surface area contributed by atoms with Crippen LogP contribution in [-0.2, 0) is 11.2 Å². The third-order valence-electron chi connectivity index (χ3n) is 2.68. The van der Waals surface area contributed by atoms with Gasteiger partial charge in [0.05, 0.1) is 0 Å². The molecule has 0 unspecified atom stereocenters. The van der Waals surface area contributed by atoms with E-state index in [0.717, 1.165) is 12.0 Å². The third-order valence-corrected chi connectivity index (χ3v) is 2.68. The number of halogens is 3. The molecule has 0 amide bonds. The van der Waals surface area contributed by atoms with Gasteiger partial charge in [0, 0.05) is 19.3 Å². The lowest BCUT2D eigenvalue weighted by Crippen LogP contribution is -2.08. The second-order valence-electron chi connectivity index (χ2n) is 4.35. The lowest BCUT2D eigenvalue weighted by molar-refractivity contribution is -0.137. The van der Waals surface area contributed by atoms with Gasteiger partial charge < -0.3 is 0 Å². The topological polar surface area (TPSA) is 17.1 Å². The van der Waals surface area contributed by atoms with E-state index >= 15 is 0 Å². The normalized spacial score (nSPS) is 11.5. The van der Waals surface area contributed by atoms with E-state index < -0.39 is 12.6 Å². The largest absolute Gasteiger partial charge is 0.389 e. The standard InChI is InChI=1S/C14H17F3O/c15-14(16,17)11-5-10-13(18)9-4-8-12-6-2-1-3-7-12/h1-3,6-7H,4-5,8-11H2. The fourth-order valence-electron chi connectivity index (χ4n) is 1.75. The van der Waals surface area contributed by atoms with Gasteiger partial charge in [-0.3, -0.25) is 4.79 Å². The van der Waals surface area contributed by atoms with Gasteiger partial charge in [-0.1, -0.05) is 30.3 Å². The molecule has 0 atom stereocenters. The first kappa shape index (κ1) is 14.7. The van der Waals surface area contributed by atoms with Crippen molar-refractivity contribution >= 4 is 5.78 Å². The van der Waals surface area contributed by atoms with Crippen molar-refractivity contribution < 1.29 is 18.0 Å². The Balaban J connectivity index is 2.11. The summed E-state index contributed by atoms with van der Waals surface area (Å²) < 4.78 is 35.6. The summed E-state index contributed by atoms with van der Waals surface area (Å²) in [4.78, 5) is 11.4. The zero-order chi connectivity index (χ0) is 13.4. The highest BCUT2D eigenvalue weighted by atomic mass is 19.4. The van der Waals surface area contributed by atoms with Gasteiger partial charge in [-0.25, -0.2) is 0 Å². The van der Waals surface area contributed by atoms with Crippen LogP contribution in [0.2, 0.25) is 0 Å². The zero-order valence-corrected chi connectivity index (χ0v) is 10.2. The average molecular weight is 258 g/mol. The molecule has 1 rings (SSSR count). The van der Waals surface area contributed by atoms with Crippen molar-refractivity contribution in [2.24, 2.45) is 0 Å². The third kappa shape index (κ3) is 7.09. The molecule has 0 aliphatic heterocycles. The van der Waals surface area contributed by atoms with Crippen LogP contribution in [0.5, 0.6) is 0 Å². The van der Waals surface area contributed by atoms with Crippen LogP contribution in [0.4, 0.5) is 13.2 Å². The van der Waals surface area contributed by atoms with E-state index in [0.29, 0.717) is 12.8 Å². The summed E-state index contributed by atoms with van der Waals surface area (Å²) in [5, 5.41) is 0. The van der Waals surface area contributed by atoms with E-state index in [9.17, 15) is 18.0 Å². The number of carbonyl (C=O) groups excluding carboxylic acids is 1. The van der Waals surface area contributed by atoms with Crippen molar-refractivity contribution in [2.45, 2.75) is 44.7 Å². The Morgan fingerprint density at radius 2 is 1.61 bits per heavy atom. The van der Waals surface area contributed by atoms with Crippen LogP contribution in [0.1, 0.15) is 37.7 Å². The Bertz CT molecular complexity index is 357. The maximum absolute atomic E-state index is 11.9. The van der Waals surface area contributed by atoms with Crippen LogP contribution in [0.15, 0.2) is 30.3 Å².